The molecule has 2 nitrogen and oxygen atoms in total. The molecule has 1 aromatic heterocycles. The van der Waals surface area contributed by atoms with Crippen LogP contribution in [0.4, 0.5) is 0 Å². The summed E-state index contributed by atoms with van der Waals surface area (Å²) in [4.78, 5) is 15.7. The van der Waals surface area contributed by atoms with Crippen LogP contribution in [0.15, 0.2) is 24.3 Å². The number of carbonyl (C=O) groups is 1. The summed E-state index contributed by atoms with van der Waals surface area (Å²) in [5.41, 5.74) is 2.87. The lowest BCUT2D eigenvalue weighted by molar-refractivity contribution is 0.0913. The van der Waals surface area contributed by atoms with E-state index in [1.54, 1.807) is 0 Å². The van der Waals surface area contributed by atoms with E-state index in [4.69, 9.17) is 0 Å². The van der Waals surface area contributed by atoms with E-state index in [1.165, 1.54) is 0 Å². The Kier molecular flexibility index (Phi) is 1.79. The Hall–Kier alpha value is -1.57. The molecule has 3 rings (SSSR count). The number of H-pyrrole nitrogens is 1. The number of carbonyl (C=O) groups excluding carboxylic acids is 1. The number of fused-ring (bicyclic) bond motifs is 1. The molecule has 0 spiro atoms. The Bertz CT molecular complexity index is 575. The van der Waals surface area contributed by atoms with E-state index in [9.17, 15) is 4.79 Å². The van der Waals surface area contributed by atoms with Gasteiger partial charge in [-0.05, 0) is 25.8 Å². The SMILES string of the molecule is Cc1[nH]c2ccccc2c1C(=O)C1(C)CC1. The summed E-state index contributed by atoms with van der Waals surface area (Å²) in [7, 11) is 0. The minimum Gasteiger partial charge on any atom is -0.358 e. The predicted molar refractivity (Wildman–Crippen MR) is 64.7 cm³/mol. The van der Waals surface area contributed by atoms with Gasteiger partial charge in [-0.25, -0.2) is 0 Å². The van der Waals surface area contributed by atoms with Crippen LogP contribution in [0.5, 0.6) is 0 Å². The zero-order valence-electron chi connectivity index (χ0n) is 9.63. The number of nitrogens with one attached hydrogen (secondary N) is 1. The maximum Gasteiger partial charge on any atom is 0.171 e. The van der Waals surface area contributed by atoms with E-state index >= 15 is 0 Å². The fourth-order valence-electron chi connectivity index (χ4n) is 2.29. The summed E-state index contributed by atoms with van der Waals surface area (Å²) in [5, 5.41) is 1.07. The van der Waals surface area contributed by atoms with Gasteiger partial charge in [0.1, 0.15) is 0 Å². The molecule has 0 saturated heterocycles. The van der Waals surface area contributed by atoms with Crippen molar-refractivity contribution >= 4 is 16.7 Å². The fraction of sp³-hybridized carbons (Fsp3) is 0.357. The lowest BCUT2D eigenvalue weighted by atomic mass is 9.95. The van der Waals surface area contributed by atoms with Crippen LogP contribution in [0.25, 0.3) is 10.9 Å². The van der Waals surface area contributed by atoms with E-state index in [0.29, 0.717) is 5.78 Å². The van der Waals surface area contributed by atoms with Gasteiger partial charge in [-0.3, -0.25) is 4.79 Å². The maximum absolute atomic E-state index is 12.4. The summed E-state index contributed by atoms with van der Waals surface area (Å²) in [6.45, 7) is 4.05. The Morgan fingerprint density at radius 3 is 2.69 bits per heavy atom. The average molecular weight is 213 g/mol. The molecule has 0 amide bonds. The molecule has 1 aromatic carbocycles. The number of benzene rings is 1. The number of rotatable bonds is 2. The monoisotopic (exact) mass is 213 g/mol. The van der Waals surface area contributed by atoms with Gasteiger partial charge in [0.2, 0.25) is 0 Å². The van der Waals surface area contributed by atoms with Crippen LogP contribution in [-0.2, 0) is 0 Å². The third kappa shape index (κ3) is 1.22. The number of ketones is 1. The van der Waals surface area contributed by atoms with Crippen LogP contribution in [0.1, 0.15) is 35.8 Å². The van der Waals surface area contributed by atoms with Gasteiger partial charge in [-0.1, -0.05) is 25.1 Å². The molecule has 1 heterocycles. The molecule has 16 heavy (non-hydrogen) atoms. The van der Waals surface area contributed by atoms with E-state index < -0.39 is 0 Å². The quantitative estimate of drug-likeness (QED) is 0.761. The third-order valence-electron chi connectivity index (χ3n) is 3.67. The highest BCUT2D eigenvalue weighted by Gasteiger charge is 2.46. The fourth-order valence-corrected chi connectivity index (χ4v) is 2.29. The van der Waals surface area contributed by atoms with Crippen LogP contribution >= 0.6 is 0 Å². The van der Waals surface area contributed by atoms with Crippen LogP contribution < -0.4 is 0 Å². The van der Waals surface area contributed by atoms with Crippen LogP contribution in [0.3, 0.4) is 0 Å². The lowest BCUT2D eigenvalue weighted by Gasteiger charge is -2.06. The second-order valence-corrected chi connectivity index (χ2v) is 5.06. The van der Waals surface area contributed by atoms with Crippen molar-refractivity contribution in [1.82, 2.24) is 4.98 Å². The minimum absolute atomic E-state index is 0.0876. The first-order chi connectivity index (χ1) is 7.62. The summed E-state index contributed by atoms with van der Waals surface area (Å²) in [6, 6.07) is 8.03. The molecule has 1 saturated carbocycles. The van der Waals surface area contributed by atoms with Gasteiger partial charge in [0.25, 0.3) is 0 Å². The van der Waals surface area contributed by atoms with Crippen molar-refractivity contribution < 1.29 is 4.79 Å². The van der Waals surface area contributed by atoms with Crippen molar-refractivity contribution in [2.45, 2.75) is 26.7 Å². The number of aryl methyl sites for hydroxylation is 1. The van der Waals surface area contributed by atoms with Crippen LogP contribution in [0, 0.1) is 12.3 Å². The first-order valence-electron chi connectivity index (χ1n) is 5.74. The molecule has 0 bridgehead atoms. The number of hydrogen-bond donors (Lipinski definition) is 1. The summed E-state index contributed by atoms with van der Waals surface area (Å²) in [6.07, 6.45) is 2.07. The smallest absolute Gasteiger partial charge is 0.171 e. The highest BCUT2D eigenvalue weighted by atomic mass is 16.1. The predicted octanol–water partition coefficient (Wildman–Crippen LogP) is 3.46. The van der Waals surface area contributed by atoms with Gasteiger partial charge >= 0.3 is 0 Å². The Balaban J connectivity index is 2.22. The number of Topliss-reactive ketones (excluding diaryl/α,β-unsaturated/α-hetero) is 1. The van der Waals surface area contributed by atoms with Crippen molar-refractivity contribution in [3.63, 3.8) is 0 Å². The topological polar surface area (TPSA) is 32.9 Å². The van der Waals surface area contributed by atoms with Crippen molar-refractivity contribution in [2.24, 2.45) is 5.41 Å². The van der Waals surface area contributed by atoms with Crippen LogP contribution in [0.2, 0.25) is 0 Å². The van der Waals surface area contributed by atoms with E-state index in [0.717, 1.165) is 35.0 Å². The molecule has 0 radical (unpaired) electrons. The van der Waals surface area contributed by atoms with Gasteiger partial charge in [-0.15, -0.1) is 0 Å². The maximum atomic E-state index is 12.4. The normalized spacial score (nSPS) is 17.6. The number of aromatic amines is 1. The molecule has 1 aliphatic carbocycles. The molecule has 1 fully saturated rings. The van der Waals surface area contributed by atoms with Crippen molar-refractivity contribution in [2.75, 3.05) is 0 Å². The molecule has 2 aromatic rings. The van der Waals surface area contributed by atoms with E-state index in [-0.39, 0.29) is 5.41 Å². The molecule has 1 N–H and O–H groups in total. The molecular formula is C14H15NO. The number of hydrogen-bond acceptors (Lipinski definition) is 1. The highest BCUT2D eigenvalue weighted by Crippen LogP contribution is 2.48. The molecular weight excluding hydrogens is 198 g/mol. The highest BCUT2D eigenvalue weighted by molar-refractivity contribution is 6.12. The van der Waals surface area contributed by atoms with Gasteiger partial charge < -0.3 is 4.98 Å². The molecule has 0 aliphatic heterocycles. The molecule has 82 valence electrons. The minimum atomic E-state index is -0.0876. The standard InChI is InChI=1S/C14H15NO/c1-9-12(13(16)14(2)7-8-14)10-5-3-4-6-11(10)15-9/h3-6,15H,7-8H2,1-2H3. The summed E-state index contributed by atoms with van der Waals surface area (Å²) >= 11 is 0. The second kappa shape index (κ2) is 2.97. The third-order valence-corrected chi connectivity index (χ3v) is 3.67. The summed E-state index contributed by atoms with van der Waals surface area (Å²) in [5.74, 6) is 0.308. The van der Waals surface area contributed by atoms with Crippen molar-refractivity contribution in [3.05, 3.63) is 35.5 Å². The second-order valence-electron chi connectivity index (χ2n) is 5.06. The van der Waals surface area contributed by atoms with Crippen molar-refractivity contribution in [1.29, 1.82) is 0 Å². The zero-order chi connectivity index (χ0) is 11.3. The average Bonchev–Trinajstić information content (AvgIpc) is 2.92. The van der Waals surface area contributed by atoms with Gasteiger partial charge in [0, 0.05) is 27.6 Å². The number of para-hydroxylation sites is 1. The Labute approximate surface area is 94.7 Å². The lowest BCUT2D eigenvalue weighted by Crippen LogP contribution is -2.12. The zero-order valence-corrected chi connectivity index (χ0v) is 9.63. The molecule has 0 unspecified atom stereocenters. The largest absolute Gasteiger partial charge is 0.358 e. The molecule has 0 atom stereocenters. The molecule has 1 aliphatic rings. The Morgan fingerprint density at radius 2 is 2.00 bits per heavy atom. The van der Waals surface area contributed by atoms with Gasteiger partial charge in [-0.2, -0.15) is 0 Å². The summed E-state index contributed by atoms with van der Waals surface area (Å²) < 4.78 is 0. The molecule has 2 heteroatoms. The first kappa shape index (κ1) is 9.64. The van der Waals surface area contributed by atoms with E-state index in [1.807, 2.05) is 31.2 Å². The van der Waals surface area contributed by atoms with Gasteiger partial charge in [0.15, 0.2) is 5.78 Å². The van der Waals surface area contributed by atoms with Gasteiger partial charge in [0.05, 0.1) is 0 Å². The van der Waals surface area contributed by atoms with Crippen molar-refractivity contribution in [3.8, 4) is 0 Å². The van der Waals surface area contributed by atoms with E-state index in [2.05, 4.69) is 11.9 Å². The van der Waals surface area contributed by atoms with Crippen LogP contribution in [-0.4, -0.2) is 10.8 Å². The Morgan fingerprint density at radius 1 is 1.31 bits per heavy atom. The first-order valence-corrected chi connectivity index (χ1v) is 5.74. The number of aromatic nitrogens is 1.